The van der Waals surface area contributed by atoms with Gasteiger partial charge in [0.15, 0.2) is 0 Å². The highest BCUT2D eigenvalue weighted by Gasteiger charge is 2.26. The lowest BCUT2D eigenvalue weighted by molar-refractivity contribution is 0.0460. The predicted octanol–water partition coefficient (Wildman–Crippen LogP) is 6.11. The molecule has 2 N–H and O–H groups in total. The molecule has 1 aromatic heterocycles. The number of halogens is 3. The minimum atomic E-state index is -0.837. The lowest BCUT2D eigenvalue weighted by Crippen LogP contribution is -2.33. The Balaban J connectivity index is 2.16. The van der Waals surface area contributed by atoms with E-state index in [0.717, 1.165) is 9.71 Å². The number of nitrogens with two attached hydrogens (primary N) is 1. The standard InChI is InChI=1S/C20H19BrClFN2O2S/c1-20(2,27-19(24)26)10-15-25-18-14(28-15)9-12(6-7-21)17(23)16(18)11-4-3-5-13(22)8-11/h3-5,8-9H,6-7,10H2,1-2H3,(H2,24,26). The minimum Gasteiger partial charge on any atom is -0.443 e. The maximum Gasteiger partial charge on any atom is 0.405 e. The Morgan fingerprint density at radius 1 is 1.39 bits per heavy atom. The van der Waals surface area contributed by atoms with Gasteiger partial charge in [-0.15, -0.1) is 11.3 Å². The number of carbonyl (C=O) groups is 1. The van der Waals surface area contributed by atoms with Crippen LogP contribution in [-0.4, -0.2) is 22.0 Å². The van der Waals surface area contributed by atoms with Crippen molar-refractivity contribution in [3.8, 4) is 11.1 Å². The maximum atomic E-state index is 15.3. The second kappa shape index (κ2) is 8.35. The summed E-state index contributed by atoms with van der Waals surface area (Å²) in [6.07, 6.45) is 0.0924. The van der Waals surface area contributed by atoms with Crippen LogP contribution in [0.3, 0.4) is 0 Å². The van der Waals surface area contributed by atoms with Gasteiger partial charge in [0.05, 0.1) is 15.2 Å². The molecule has 3 aromatic rings. The Kier molecular flexibility index (Phi) is 6.27. The first-order valence-corrected chi connectivity index (χ1v) is 10.9. The van der Waals surface area contributed by atoms with Crippen molar-refractivity contribution < 1.29 is 13.9 Å². The van der Waals surface area contributed by atoms with Crippen LogP contribution in [0.25, 0.3) is 21.3 Å². The van der Waals surface area contributed by atoms with Gasteiger partial charge in [0.2, 0.25) is 0 Å². The van der Waals surface area contributed by atoms with Crippen molar-refractivity contribution >= 4 is 55.2 Å². The van der Waals surface area contributed by atoms with Crippen LogP contribution in [0.15, 0.2) is 30.3 Å². The van der Waals surface area contributed by atoms with Gasteiger partial charge in [-0.2, -0.15) is 0 Å². The monoisotopic (exact) mass is 484 g/mol. The molecule has 3 rings (SSSR count). The number of primary amides is 1. The molecule has 4 nitrogen and oxygen atoms in total. The van der Waals surface area contributed by atoms with Gasteiger partial charge in [-0.25, -0.2) is 14.2 Å². The summed E-state index contributed by atoms with van der Waals surface area (Å²) in [5, 5.41) is 1.91. The summed E-state index contributed by atoms with van der Waals surface area (Å²) in [5.41, 5.74) is 6.64. The third-order valence-corrected chi connectivity index (χ3v) is 5.81. The lowest BCUT2D eigenvalue weighted by Gasteiger charge is -2.22. The van der Waals surface area contributed by atoms with Gasteiger partial charge < -0.3 is 10.5 Å². The highest BCUT2D eigenvalue weighted by molar-refractivity contribution is 9.09. The van der Waals surface area contributed by atoms with Gasteiger partial charge >= 0.3 is 6.09 Å². The highest BCUT2D eigenvalue weighted by Crippen LogP contribution is 2.38. The van der Waals surface area contributed by atoms with Gasteiger partial charge in [-0.1, -0.05) is 39.7 Å². The zero-order valence-electron chi connectivity index (χ0n) is 15.4. The lowest BCUT2D eigenvalue weighted by atomic mass is 9.99. The number of amides is 1. The zero-order chi connectivity index (χ0) is 20.5. The zero-order valence-corrected chi connectivity index (χ0v) is 18.5. The molecule has 1 heterocycles. The van der Waals surface area contributed by atoms with Crippen molar-refractivity contribution in [2.75, 3.05) is 5.33 Å². The van der Waals surface area contributed by atoms with E-state index < -0.39 is 11.7 Å². The average molecular weight is 486 g/mol. The first-order valence-electron chi connectivity index (χ1n) is 8.61. The number of alkyl halides is 1. The molecular weight excluding hydrogens is 467 g/mol. The van der Waals surface area contributed by atoms with Crippen LogP contribution in [0.4, 0.5) is 9.18 Å². The van der Waals surface area contributed by atoms with E-state index in [2.05, 4.69) is 20.9 Å². The van der Waals surface area contributed by atoms with E-state index in [1.54, 1.807) is 32.0 Å². The summed E-state index contributed by atoms with van der Waals surface area (Å²) in [6.45, 7) is 3.52. The van der Waals surface area contributed by atoms with Crippen molar-refractivity contribution in [3.05, 3.63) is 51.7 Å². The Morgan fingerprint density at radius 3 is 2.79 bits per heavy atom. The van der Waals surface area contributed by atoms with E-state index in [9.17, 15) is 4.79 Å². The first-order chi connectivity index (χ1) is 13.2. The summed E-state index contributed by atoms with van der Waals surface area (Å²) < 4.78 is 21.4. The van der Waals surface area contributed by atoms with E-state index in [0.29, 0.717) is 45.4 Å². The van der Waals surface area contributed by atoms with Crippen molar-refractivity contribution in [2.45, 2.75) is 32.3 Å². The number of ether oxygens (including phenoxy) is 1. The molecule has 0 aliphatic heterocycles. The Bertz CT molecular complexity index is 1040. The first kappa shape index (κ1) is 21.0. The van der Waals surface area contributed by atoms with Gasteiger partial charge in [0, 0.05) is 22.3 Å². The molecule has 148 valence electrons. The molecule has 0 spiro atoms. The number of benzene rings is 2. The molecule has 0 saturated carbocycles. The smallest absolute Gasteiger partial charge is 0.405 e. The van der Waals surface area contributed by atoms with Gasteiger partial charge in [0.25, 0.3) is 0 Å². The summed E-state index contributed by atoms with van der Waals surface area (Å²) in [6, 6.07) is 8.93. The molecule has 0 unspecified atom stereocenters. The second-order valence-electron chi connectivity index (χ2n) is 6.99. The number of aromatic nitrogens is 1. The molecule has 0 aliphatic carbocycles. The quantitative estimate of drug-likeness (QED) is 0.428. The van der Waals surface area contributed by atoms with E-state index in [-0.39, 0.29) is 5.82 Å². The number of fused-ring (bicyclic) bond motifs is 1. The highest BCUT2D eigenvalue weighted by atomic mass is 79.9. The van der Waals surface area contributed by atoms with E-state index in [4.69, 9.17) is 22.1 Å². The van der Waals surface area contributed by atoms with E-state index >= 15 is 4.39 Å². The number of rotatable bonds is 6. The van der Waals surface area contributed by atoms with Crippen LogP contribution in [0, 0.1) is 5.82 Å². The minimum absolute atomic E-state index is 0.293. The fourth-order valence-electron chi connectivity index (χ4n) is 3.08. The van der Waals surface area contributed by atoms with Crippen LogP contribution in [0.5, 0.6) is 0 Å². The predicted molar refractivity (Wildman–Crippen MR) is 116 cm³/mol. The molecule has 28 heavy (non-hydrogen) atoms. The molecule has 0 bridgehead atoms. The number of hydrogen-bond acceptors (Lipinski definition) is 4. The molecule has 0 fully saturated rings. The Morgan fingerprint density at radius 2 is 2.14 bits per heavy atom. The summed E-state index contributed by atoms with van der Waals surface area (Å²) in [7, 11) is 0. The summed E-state index contributed by atoms with van der Waals surface area (Å²) in [4.78, 5) is 15.8. The molecule has 0 radical (unpaired) electrons. The number of aryl methyl sites for hydroxylation is 1. The Labute approximate surface area is 180 Å². The van der Waals surface area contributed by atoms with E-state index in [1.807, 2.05) is 12.1 Å². The third-order valence-electron chi connectivity index (χ3n) is 4.17. The van der Waals surface area contributed by atoms with E-state index in [1.165, 1.54) is 11.3 Å². The molecule has 1 amide bonds. The third kappa shape index (κ3) is 4.64. The van der Waals surface area contributed by atoms with Crippen LogP contribution in [0.2, 0.25) is 5.02 Å². The van der Waals surface area contributed by atoms with Gasteiger partial charge in [0.1, 0.15) is 11.4 Å². The SMILES string of the molecule is CC(C)(Cc1nc2c(-c3cccc(Cl)c3)c(F)c(CCBr)cc2s1)OC(N)=O. The number of hydrogen-bond donors (Lipinski definition) is 1. The van der Waals surface area contributed by atoms with Crippen molar-refractivity contribution in [1.29, 1.82) is 0 Å². The average Bonchev–Trinajstić information content (AvgIpc) is 2.95. The summed E-state index contributed by atoms with van der Waals surface area (Å²) >= 11 is 11.0. The normalized spacial score (nSPS) is 11.8. The topological polar surface area (TPSA) is 65.2 Å². The van der Waals surface area contributed by atoms with Crippen LogP contribution >= 0.6 is 38.9 Å². The van der Waals surface area contributed by atoms with Crippen molar-refractivity contribution in [3.63, 3.8) is 0 Å². The van der Waals surface area contributed by atoms with Crippen molar-refractivity contribution in [2.24, 2.45) is 5.73 Å². The molecule has 8 heteroatoms. The van der Waals surface area contributed by atoms with Crippen LogP contribution in [-0.2, 0) is 17.6 Å². The van der Waals surface area contributed by atoms with Crippen LogP contribution in [0.1, 0.15) is 24.4 Å². The second-order valence-corrected chi connectivity index (χ2v) is 9.33. The Hall–Kier alpha value is -1.70. The molecular formula is C20H19BrClFN2O2S. The largest absolute Gasteiger partial charge is 0.443 e. The number of carbonyl (C=O) groups excluding carboxylic acids is 1. The maximum absolute atomic E-state index is 15.3. The summed E-state index contributed by atoms with van der Waals surface area (Å²) in [5.74, 6) is -0.293. The van der Waals surface area contributed by atoms with Crippen molar-refractivity contribution in [1.82, 2.24) is 4.98 Å². The fraction of sp³-hybridized carbons (Fsp3) is 0.300. The molecule has 2 aromatic carbocycles. The molecule has 0 aliphatic rings. The molecule has 0 saturated heterocycles. The van der Waals surface area contributed by atoms with Gasteiger partial charge in [-0.3, -0.25) is 0 Å². The molecule has 0 atom stereocenters. The van der Waals surface area contributed by atoms with Crippen LogP contribution < -0.4 is 5.73 Å². The van der Waals surface area contributed by atoms with Gasteiger partial charge in [-0.05, 0) is 49.6 Å². The number of thiazole rings is 1. The fourth-order valence-corrected chi connectivity index (χ4v) is 4.95. The number of nitrogens with zero attached hydrogens (tertiary/aromatic N) is 1.